The topological polar surface area (TPSA) is 21.3 Å². The van der Waals surface area contributed by atoms with Crippen molar-refractivity contribution in [2.24, 2.45) is 5.41 Å². The van der Waals surface area contributed by atoms with Gasteiger partial charge in [0.05, 0.1) is 5.60 Å². The summed E-state index contributed by atoms with van der Waals surface area (Å²) in [7, 11) is 0. The van der Waals surface area contributed by atoms with Gasteiger partial charge in [0.15, 0.2) is 0 Å². The predicted octanol–water partition coefficient (Wildman–Crippen LogP) is 4.85. The summed E-state index contributed by atoms with van der Waals surface area (Å²) in [5.41, 5.74) is 1.68. The molecule has 1 fully saturated rings. The minimum atomic E-state index is 0.0226. The molecule has 0 radical (unpaired) electrons. The minimum Gasteiger partial charge on any atom is -0.375 e. The van der Waals surface area contributed by atoms with Gasteiger partial charge >= 0.3 is 0 Å². The first-order valence-corrected chi connectivity index (χ1v) is 8.75. The van der Waals surface area contributed by atoms with E-state index in [1.54, 1.807) is 0 Å². The summed E-state index contributed by atoms with van der Waals surface area (Å²) in [6.07, 6.45) is 4.49. The van der Waals surface area contributed by atoms with Crippen LogP contribution in [0, 0.1) is 5.41 Å². The van der Waals surface area contributed by atoms with E-state index in [9.17, 15) is 0 Å². The van der Waals surface area contributed by atoms with E-state index in [1.165, 1.54) is 12.0 Å². The Bertz CT molecular complexity index is 467. The first-order valence-electron chi connectivity index (χ1n) is 8.38. The highest BCUT2D eigenvalue weighted by Crippen LogP contribution is 2.27. The van der Waals surface area contributed by atoms with Gasteiger partial charge in [-0.05, 0) is 69.2 Å². The van der Waals surface area contributed by atoms with Crippen molar-refractivity contribution in [2.75, 3.05) is 13.2 Å². The highest BCUT2D eigenvalue weighted by Gasteiger charge is 2.28. The van der Waals surface area contributed by atoms with Crippen LogP contribution in [-0.2, 0) is 11.2 Å². The molecule has 0 amide bonds. The molecule has 1 aliphatic rings. The van der Waals surface area contributed by atoms with Crippen molar-refractivity contribution in [1.82, 2.24) is 5.32 Å². The molecule has 1 aromatic rings. The van der Waals surface area contributed by atoms with Gasteiger partial charge in [-0.25, -0.2) is 0 Å². The molecule has 1 N–H and O–H groups in total. The smallest absolute Gasteiger partial charge is 0.0641 e. The molecule has 2 nitrogen and oxygen atoms in total. The summed E-state index contributed by atoms with van der Waals surface area (Å²) >= 11 is 5.96. The van der Waals surface area contributed by atoms with Crippen LogP contribution in [0.1, 0.15) is 52.5 Å². The van der Waals surface area contributed by atoms with Crippen LogP contribution in [0.4, 0.5) is 0 Å². The van der Waals surface area contributed by atoms with E-state index >= 15 is 0 Å². The predicted molar refractivity (Wildman–Crippen MR) is 94.6 cm³/mol. The molecule has 0 saturated carbocycles. The van der Waals surface area contributed by atoms with E-state index in [0.29, 0.717) is 11.5 Å². The molecule has 2 rings (SSSR count). The van der Waals surface area contributed by atoms with Crippen molar-refractivity contribution in [3.8, 4) is 0 Å². The zero-order valence-electron chi connectivity index (χ0n) is 14.4. The molecule has 22 heavy (non-hydrogen) atoms. The lowest BCUT2D eigenvalue weighted by Gasteiger charge is -2.36. The van der Waals surface area contributed by atoms with Crippen molar-refractivity contribution in [2.45, 2.75) is 65.0 Å². The molecule has 124 valence electrons. The molecule has 3 heteroatoms. The van der Waals surface area contributed by atoms with Crippen LogP contribution in [0.15, 0.2) is 24.3 Å². The maximum Gasteiger partial charge on any atom is 0.0641 e. The minimum absolute atomic E-state index is 0.0226. The second-order valence-corrected chi connectivity index (χ2v) is 8.41. The fraction of sp³-hybridized carbons (Fsp3) is 0.684. The maximum absolute atomic E-state index is 5.96. The van der Waals surface area contributed by atoms with Crippen LogP contribution < -0.4 is 5.32 Å². The number of hydrogen-bond acceptors (Lipinski definition) is 2. The summed E-state index contributed by atoms with van der Waals surface area (Å²) in [5.74, 6) is 0. The summed E-state index contributed by atoms with van der Waals surface area (Å²) < 4.78 is 5.78. The number of ether oxygens (including phenoxy) is 1. The monoisotopic (exact) mass is 323 g/mol. The summed E-state index contributed by atoms with van der Waals surface area (Å²) in [6.45, 7) is 11.0. The Kier molecular flexibility index (Phi) is 5.93. The molecule has 1 saturated heterocycles. The molecule has 0 spiro atoms. The van der Waals surface area contributed by atoms with Crippen LogP contribution in [0.5, 0.6) is 0 Å². The van der Waals surface area contributed by atoms with Crippen LogP contribution >= 0.6 is 11.6 Å². The van der Waals surface area contributed by atoms with Gasteiger partial charge in [-0.15, -0.1) is 0 Å². The second-order valence-electron chi connectivity index (χ2n) is 7.97. The van der Waals surface area contributed by atoms with Crippen LogP contribution in [-0.4, -0.2) is 24.8 Å². The number of rotatable bonds is 6. The molecular weight excluding hydrogens is 294 g/mol. The quantitative estimate of drug-likeness (QED) is 0.808. The molecular formula is C19H30ClNO. The average molecular weight is 324 g/mol. The van der Waals surface area contributed by atoms with Gasteiger partial charge in [0, 0.05) is 17.7 Å². The van der Waals surface area contributed by atoms with Gasteiger partial charge in [0.1, 0.15) is 0 Å². The van der Waals surface area contributed by atoms with Gasteiger partial charge < -0.3 is 10.1 Å². The largest absolute Gasteiger partial charge is 0.375 e. The van der Waals surface area contributed by atoms with E-state index in [1.807, 2.05) is 12.1 Å². The van der Waals surface area contributed by atoms with E-state index in [-0.39, 0.29) is 5.60 Å². The van der Waals surface area contributed by atoms with Gasteiger partial charge in [-0.3, -0.25) is 0 Å². The highest BCUT2D eigenvalue weighted by atomic mass is 35.5. The zero-order valence-corrected chi connectivity index (χ0v) is 15.2. The van der Waals surface area contributed by atoms with Crippen molar-refractivity contribution in [3.63, 3.8) is 0 Å². The lowest BCUT2D eigenvalue weighted by molar-refractivity contribution is -0.0629. The molecule has 1 aliphatic heterocycles. The molecule has 0 bridgehead atoms. The summed E-state index contributed by atoms with van der Waals surface area (Å²) in [5, 5.41) is 4.54. The first-order chi connectivity index (χ1) is 10.3. The Morgan fingerprint density at radius 3 is 2.59 bits per heavy atom. The Hall–Kier alpha value is -0.570. The van der Waals surface area contributed by atoms with Gasteiger partial charge in [0.2, 0.25) is 0 Å². The molecule has 0 aromatic heterocycles. The Morgan fingerprint density at radius 2 is 1.95 bits per heavy atom. The fourth-order valence-electron chi connectivity index (χ4n) is 3.26. The third kappa shape index (κ3) is 5.91. The van der Waals surface area contributed by atoms with Crippen molar-refractivity contribution in [3.05, 3.63) is 34.9 Å². The fourth-order valence-corrected chi connectivity index (χ4v) is 3.39. The van der Waals surface area contributed by atoms with Crippen LogP contribution in [0.25, 0.3) is 0 Å². The molecule has 1 atom stereocenters. The number of nitrogens with one attached hydrogen (secondary N) is 1. The molecule has 0 unspecified atom stereocenters. The van der Waals surface area contributed by atoms with E-state index < -0.39 is 0 Å². The number of benzene rings is 1. The number of hydrogen-bond donors (Lipinski definition) is 1. The molecule has 1 heterocycles. The van der Waals surface area contributed by atoms with Crippen molar-refractivity contribution >= 4 is 11.6 Å². The van der Waals surface area contributed by atoms with Gasteiger partial charge in [-0.2, -0.15) is 0 Å². The Labute approximate surface area is 140 Å². The third-order valence-electron chi connectivity index (χ3n) is 4.53. The van der Waals surface area contributed by atoms with E-state index in [2.05, 4.69) is 45.1 Å². The van der Waals surface area contributed by atoms with Crippen LogP contribution in [0.3, 0.4) is 0 Å². The average Bonchev–Trinajstić information content (AvgIpc) is 2.40. The molecule has 1 aromatic carbocycles. The number of halogens is 1. The standard InChI is InChI=1S/C19H30ClNO/c1-18(2,13-15-5-7-16(20)8-6-15)10-11-21-17-9-12-22-19(3,4)14-17/h5-8,17,21H,9-14H2,1-4H3/t17-/m0/s1. The SMILES string of the molecule is CC(C)(CCN[C@H]1CCOC(C)(C)C1)Cc1ccc(Cl)cc1. The van der Waals surface area contributed by atoms with Gasteiger partial charge in [0.25, 0.3) is 0 Å². The lowest BCUT2D eigenvalue weighted by Crippen LogP contribution is -2.44. The second kappa shape index (κ2) is 7.33. The summed E-state index contributed by atoms with van der Waals surface area (Å²) in [6, 6.07) is 8.83. The van der Waals surface area contributed by atoms with Crippen molar-refractivity contribution in [1.29, 1.82) is 0 Å². The maximum atomic E-state index is 5.96. The van der Waals surface area contributed by atoms with Crippen LogP contribution in [0.2, 0.25) is 5.02 Å². The zero-order chi connectivity index (χ0) is 16.2. The third-order valence-corrected chi connectivity index (χ3v) is 4.78. The Morgan fingerprint density at radius 1 is 1.27 bits per heavy atom. The van der Waals surface area contributed by atoms with E-state index in [0.717, 1.165) is 37.4 Å². The van der Waals surface area contributed by atoms with Gasteiger partial charge in [-0.1, -0.05) is 37.6 Å². The normalized spacial score (nSPS) is 21.8. The summed E-state index contributed by atoms with van der Waals surface area (Å²) in [4.78, 5) is 0. The first kappa shape index (κ1) is 17.8. The lowest BCUT2D eigenvalue weighted by atomic mass is 9.82. The highest BCUT2D eigenvalue weighted by molar-refractivity contribution is 6.30. The molecule has 0 aliphatic carbocycles. The Balaban J connectivity index is 1.76. The van der Waals surface area contributed by atoms with Crippen molar-refractivity contribution < 1.29 is 4.74 Å². The van der Waals surface area contributed by atoms with E-state index in [4.69, 9.17) is 16.3 Å².